The number of esters is 1. The van der Waals surface area contributed by atoms with Crippen molar-refractivity contribution in [1.82, 2.24) is 10.2 Å². The van der Waals surface area contributed by atoms with Crippen molar-refractivity contribution in [2.75, 3.05) is 33.1 Å². The topological polar surface area (TPSA) is 101 Å². The van der Waals surface area contributed by atoms with Gasteiger partial charge in [-0.1, -0.05) is 0 Å². The Morgan fingerprint density at radius 3 is 2.35 bits per heavy atom. The van der Waals surface area contributed by atoms with Gasteiger partial charge < -0.3 is 19.8 Å². The molecule has 0 radical (unpaired) electrons. The predicted molar refractivity (Wildman–Crippen MR) is 94.6 cm³/mol. The minimum absolute atomic E-state index is 0.193. The summed E-state index contributed by atoms with van der Waals surface area (Å²) in [5.41, 5.74) is 0.746. The summed E-state index contributed by atoms with van der Waals surface area (Å²) in [6, 6.07) is 9.40. The molecule has 26 heavy (non-hydrogen) atoms. The number of ether oxygens (including phenoxy) is 1. The highest BCUT2D eigenvalue weighted by molar-refractivity contribution is 6.39. The monoisotopic (exact) mass is 359 g/mol. The maximum Gasteiger partial charge on any atom is 0.337 e. The Bertz CT molecular complexity index is 754. The summed E-state index contributed by atoms with van der Waals surface area (Å²) in [5.74, 6) is -1.35. The maximum atomic E-state index is 12.0. The van der Waals surface area contributed by atoms with Gasteiger partial charge in [-0.15, -0.1) is 0 Å². The first-order valence-electron chi connectivity index (χ1n) is 7.89. The van der Waals surface area contributed by atoms with E-state index in [4.69, 9.17) is 4.42 Å². The third-order valence-corrected chi connectivity index (χ3v) is 3.72. The molecule has 0 saturated heterocycles. The van der Waals surface area contributed by atoms with Crippen molar-refractivity contribution < 1.29 is 23.5 Å². The molecule has 0 fully saturated rings. The summed E-state index contributed by atoms with van der Waals surface area (Å²) in [6.07, 6.45) is 1.55. The normalized spacial score (nSPS) is 11.7. The van der Waals surface area contributed by atoms with Crippen LogP contribution in [0.4, 0.5) is 5.69 Å². The van der Waals surface area contributed by atoms with E-state index >= 15 is 0 Å². The summed E-state index contributed by atoms with van der Waals surface area (Å²) in [4.78, 5) is 37.3. The molecule has 0 bridgehead atoms. The SMILES string of the molecule is COC(=O)c1ccc(NC(=O)C(=O)NCC(c2ccco2)N(C)C)cc1. The number of nitrogens with zero attached hydrogens (tertiary/aromatic N) is 1. The zero-order chi connectivity index (χ0) is 19.1. The fourth-order valence-corrected chi connectivity index (χ4v) is 2.28. The summed E-state index contributed by atoms with van der Waals surface area (Å²) in [6.45, 7) is 0.216. The Kier molecular flexibility index (Phi) is 6.51. The lowest BCUT2D eigenvalue weighted by Gasteiger charge is -2.22. The summed E-state index contributed by atoms with van der Waals surface area (Å²) in [7, 11) is 4.98. The fraction of sp³-hybridized carbons (Fsp3) is 0.278. The van der Waals surface area contributed by atoms with E-state index in [1.807, 2.05) is 19.0 Å². The Balaban J connectivity index is 1.91. The van der Waals surface area contributed by atoms with Crippen molar-refractivity contribution in [2.45, 2.75) is 6.04 Å². The average Bonchev–Trinajstić information content (AvgIpc) is 3.15. The zero-order valence-electron chi connectivity index (χ0n) is 14.8. The fourth-order valence-electron chi connectivity index (χ4n) is 2.28. The van der Waals surface area contributed by atoms with Crippen molar-refractivity contribution in [3.63, 3.8) is 0 Å². The molecule has 8 nitrogen and oxygen atoms in total. The van der Waals surface area contributed by atoms with Gasteiger partial charge in [-0.3, -0.25) is 14.5 Å². The van der Waals surface area contributed by atoms with Crippen LogP contribution in [0.15, 0.2) is 47.1 Å². The summed E-state index contributed by atoms with van der Waals surface area (Å²) < 4.78 is 9.95. The van der Waals surface area contributed by atoms with Gasteiger partial charge in [0.15, 0.2) is 0 Å². The number of rotatable bonds is 6. The third kappa shape index (κ3) is 4.93. The second-order valence-corrected chi connectivity index (χ2v) is 5.73. The summed E-state index contributed by atoms with van der Waals surface area (Å²) >= 11 is 0. The van der Waals surface area contributed by atoms with Crippen molar-refractivity contribution >= 4 is 23.5 Å². The van der Waals surface area contributed by atoms with E-state index in [1.54, 1.807) is 18.4 Å². The van der Waals surface area contributed by atoms with Crippen LogP contribution < -0.4 is 10.6 Å². The number of anilines is 1. The molecule has 0 aliphatic carbocycles. The van der Waals surface area contributed by atoms with Crippen LogP contribution in [-0.2, 0) is 14.3 Å². The zero-order valence-corrected chi connectivity index (χ0v) is 14.8. The lowest BCUT2D eigenvalue weighted by Crippen LogP contribution is -2.40. The molecule has 8 heteroatoms. The van der Waals surface area contributed by atoms with Crippen molar-refractivity contribution in [3.05, 3.63) is 54.0 Å². The second kappa shape index (κ2) is 8.82. The molecule has 2 amide bonds. The first-order valence-corrected chi connectivity index (χ1v) is 7.89. The Hall–Kier alpha value is -3.13. The minimum Gasteiger partial charge on any atom is -0.468 e. The van der Waals surface area contributed by atoms with Crippen molar-refractivity contribution in [1.29, 1.82) is 0 Å². The van der Waals surface area contributed by atoms with E-state index in [9.17, 15) is 14.4 Å². The third-order valence-electron chi connectivity index (χ3n) is 3.72. The number of benzene rings is 1. The number of carbonyl (C=O) groups excluding carboxylic acids is 3. The molecule has 1 aromatic carbocycles. The molecule has 1 aromatic heterocycles. The standard InChI is InChI=1S/C18H21N3O5/c1-21(2)14(15-5-4-10-26-15)11-19-16(22)17(23)20-13-8-6-12(7-9-13)18(24)25-3/h4-10,14H,11H2,1-3H3,(H,19,22)(H,20,23). The Morgan fingerprint density at radius 2 is 1.81 bits per heavy atom. The molecule has 0 aliphatic rings. The first-order chi connectivity index (χ1) is 12.4. The number of amides is 2. The highest BCUT2D eigenvalue weighted by atomic mass is 16.5. The van der Waals surface area contributed by atoms with E-state index in [0.29, 0.717) is 17.0 Å². The van der Waals surface area contributed by atoms with Gasteiger partial charge in [0, 0.05) is 12.2 Å². The van der Waals surface area contributed by atoms with E-state index in [0.717, 1.165) is 0 Å². The number of hydrogen-bond acceptors (Lipinski definition) is 6. The highest BCUT2D eigenvalue weighted by Gasteiger charge is 2.20. The first kappa shape index (κ1) is 19.2. The molecule has 2 N–H and O–H groups in total. The number of carbonyl (C=O) groups is 3. The summed E-state index contributed by atoms with van der Waals surface area (Å²) in [5, 5.41) is 5.06. The average molecular weight is 359 g/mol. The molecule has 0 saturated carbocycles. The number of nitrogens with one attached hydrogen (secondary N) is 2. The van der Waals surface area contributed by atoms with E-state index in [-0.39, 0.29) is 12.6 Å². The number of furan rings is 1. The predicted octanol–water partition coefficient (Wildman–Crippen LogP) is 1.42. The van der Waals surface area contributed by atoms with Crippen LogP contribution in [0.25, 0.3) is 0 Å². The number of hydrogen-bond donors (Lipinski definition) is 2. The lowest BCUT2D eigenvalue weighted by atomic mass is 10.2. The number of methoxy groups -OCH3 is 1. The van der Waals surface area contributed by atoms with Crippen LogP contribution in [0.3, 0.4) is 0 Å². The molecule has 1 unspecified atom stereocenters. The van der Waals surface area contributed by atoms with E-state index in [2.05, 4.69) is 15.4 Å². The largest absolute Gasteiger partial charge is 0.468 e. The molecule has 0 spiro atoms. The van der Waals surface area contributed by atoms with Gasteiger partial charge in [0.2, 0.25) is 0 Å². The molecule has 2 aromatic rings. The van der Waals surface area contributed by atoms with Gasteiger partial charge in [-0.25, -0.2) is 4.79 Å². The van der Waals surface area contributed by atoms with Gasteiger partial charge in [-0.05, 0) is 50.5 Å². The van der Waals surface area contributed by atoms with Crippen LogP contribution in [0.1, 0.15) is 22.2 Å². The Morgan fingerprint density at radius 1 is 1.12 bits per heavy atom. The van der Waals surface area contributed by atoms with E-state index < -0.39 is 17.8 Å². The lowest BCUT2D eigenvalue weighted by molar-refractivity contribution is -0.136. The van der Waals surface area contributed by atoms with Gasteiger partial charge in [0.1, 0.15) is 5.76 Å². The maximum absolute atomic E-state index is 12.0. The molecule has 2 rings (SSSR count). The quantitative estimate of drug-likeness (QED) is 0.598. The smallest absolute Gasteiger partial charge is 0.337 e. The van der Waals surface area contributed by atoms with Crippen LogP contribution in [0.5, 0.6) is 0 Å². The van der Waals surface area contributed by atoms with Crippen LogP contribution in [-0.4, -0.2) is 50.4 Å². The van der Waals surface area contributed by atoms with Crippen molar-refractivity contribution in [2.24, 2.45) is 0 Å². The minimum atomic E-state index is -0.798. The van der Waals surface area contributed by atoms with Gasteiger partial charge in [-0.2, -0.15) is 0 Å². The molecule has 1 heterocycles. The molecule has 1 atom stereocenters. The second-order valence-electron chi connectivity index (χ2n) is 5.73. The molecular weight excluding hydrogens is 338 g/mol. The Labute approximate surface area is 151 Å². The van der Waals surface area contributed by atoms with Crippen molar-refractivity contribution in [3.8, 4) is 0 Å². The van der Waals surface area contributed by atoms with Gasteiger partial charge >= 0.3 is 17.8 Å². The molecule has 138 valence electrons. The van der Waals surface area contributed by atoms with Gasteiger partial charge in [0.25, 0.3) is 0 Å². The van der Waals surface area contributed by atoms with E-state index in [1.165, 1.54) is 31.4 Å². The molecular formula is C18H21N3O5. The van der Waals surface area contributed by atoms with Crippen LogP contribution in [0, 0.1) is 0 Å². The highest BCUT2D eigenvalue weighted by Crippen LogP contribution is 2.17. The van der Waals surface area contributed by atoms with Gasteiger partial charge in [0.05, 0.1) is 25.0 Å². The number of likely N-dealkylation sites (N-methyl/N-ethyl adjacent to an activating group) is 1. The molecule has 0 aliphatic heterocycles. The van der Waals surface area contributed by atoms with Crippen LogP contribution >= 0.6 is 0 Å². The van der Waals surface area contributed by atoms with Crippen LogP contribution in [0.2, 0.25) is 0 Å².